The first-order valence-electron chi connectivity index (χ1n) is 7.63. The van der Waals surface area contributed by atoms with E-state index in [4.69, 9.17) is 9.47 Å². The summed E-state index contributed by atoms with van der Waals surface area (Å²) in [7, 11) is 1.36. The molecule has 0 radical (unpaired) electrons. The number of aromatic nitrogens is 2. The predicted octanol–water partition coefficient (Wildman–Crippen LogP) is 1.30. The zero-order chi connectivity index (χ0) is 18.4. The van der Waals surface area contributed by atoms with Gasteiger partial charge in [-0.1, -0.05) is 17.7 Å². The van der Waals surface area contributed by atoms with E-state index in [1.807, 2.05) is 19.1 Å². The average molecular weight is 345 g/mol. The lowest BCUT2D eigenvalue weighted by atomic mass is 10.2. The van der Waals surface area contributed by atoms with Crippen molar-refractivity contribution in [2.45, 2.75) is 13.8 Å². The summed E-state index contributed by atoms with van der Waals surface area (Å²) in [6, 6.07) is 8.19. The number of esters is 1. The maximum absolute atomic E-state index is 12.4. The second-order valence-electron chi connectivity index (χ2n) is 5.19. The van der Waals surface area contributed by atoms with Crippen molar-refractivity contribution in [3.8, 4) is 5.69 Å². The van der Waals surface area contributed by atoms with Crippen LogP contribution in [0, 0.1) is 6.92 Å². The highest BCUT2D eigenvalue weighted by Crippen LogP contribution is 2.14. The molecule has 1 aromatic carbocycles. The lowest BCUT2D eigenvalue weighted by molar-refractivity contribution is -0.119. The van der Waals surface area contributed by atoms with Gasteiger partial charge in [-0.15, -0.1) is 0 Å². The maximum atomic E-state index is 12.4. The summed E-state index contributed by atoms with van der Waals surface area (Å²) in [6.45, 7) is 3.48. The van der Waals surface area contributed by atoms with Crippen molar-refractivity contribution in [3.05, 3.63) is 51.9 Å². The highest BCUT2D eigenvalue weighted by molar-refractivity contribution is 6.00. The van der Waals surface area contributed by atoms with Crippen LogP contribution in [0.25, 0.3) is 5.69 Å². The molecule has 0 aliphatic carbocycles. The number of nitrogens with one attached hydrogen (secondary N) is 1. The quantitative estimate of drug-likeness (QED) is 0.792. The first-order valence-corrected chi connectivity index (χ1v) is 7.63. The number of carbonyl (C=O) groups excluding carboxylic acids is 2. The lowest BCUT2D eigenvalue weighted by Crippen LogP contribution is -2.28. The van der Waals surface area contributed by atoms with Crippen molar-refractivity contribution < 1.29 is 19.1 Å². The van der Waals surface area contributed by atoms with Gasteiger partial charge in [0, 0.05) is 13.2 Å². The molecule has 1 amide bonds. The predicted molar refractivity (Wildman–Crippen MR) is 91.0 cm³/mol. The first kappa shape index (κ1) is 18.3. The van der Waals surface area contributed by atoms with Gasteiger partial charge in [-0.3, -0.25) is 9.59 Å². The highest BCUT2D eigenvalue weighted by atomic mass is 16.5. The Bertz CT molecular complexity index is 827. The Morgan fingerprint density at radius 2 is 1.92 bits per heavy atom. The van der Waals surface area contributed by atoms with Crippen LogP contribution in [0.2, 0.25) is 0 Å². The molecule has 1 heterocycles. The molecule has 0 fully saturated rings. The third-order valence-electron chi connectivity index (χ3n) is 3.23. The van der Waals surface area contributed by atoms with Gasteiger partial charge in [0.2, 0.25) is 5.91 Å². The van der Waals surface area contributed by atoms with Crippen molar-refractivity contribution >= 4 is 17.6 Å². The van der Waals surface area contributed by atoms with E-state index in [-0.39, 0.29) is 24.6 Å². The fourth-order valence-corrected chi connectivity index (χ4v) is 2.09. The molecule has 0 saturated carbocycles. The minimum atomic E-state index is -0.740. The van der Waals surface area contributed by atoms with E-state index in [1.165, 1.54) is 7.11 Å². The highest BCUT2D eigenvalue weighted by Gasteiger charge is 2.20. The molecule has 2 rings (SSSR count). The number of aryl methyl sites for hydroxylation is 1. The number of ether oxygens (including phenoxy) is 2. The van der Waals surface area contributed by atoms with Crippen LogP contribution in [-0.4, -0.2) is 42.0 Å². The Labute approximate surface area is 144 Å². The van der Waals surface area contributed by atoms with E-state index in [9.17, 15) is 14.4 Å². The van der Waals surface area contributed by atoms with Gasteiger partial charge in [-0.25, -0.2) is 4.79 Å². The molecule has 0 atom stereocenters. The number of methoxy groups -OCH3 is 1. The van der Waals surface area contributed by atoms with Crippen LogP contribution in [-0.2, 0) is 14.3 Å². The van der Waals surface area contributed by atoms with Gasteiger partial charge in [-0.05, 0) is 26.0 Å². The summed E-state index contributed by atoms with van der Waals surface area (Å²) in [5.41, 5.74) is 0.840. The Balaban J connectivity index is 2.52. The summed E-state index contributed by atoms with van der Waals surface area (Å²) in [5.74, 6) is -1.25. The summed E-state index contributed by atoms with van der Waals surface area (Å²) in [5, 5.41) is 6.52. The van der Waals surface area contributed by atoms with Gasteiger partial charge >= 0.3 is 5.97 Å². The van der Waals surface area contributed by atoms with Crippen molar-refractivity contribution in [2.24, 2.45) is 0 Å². The second-order valence-corrected chi connectivity index (χ2v) is 5.19. The van der Waals surface area contributed by atoms with Gasteiger partial charge in [0.05, 0.1) is 18.0 Å². The van der Waals surface area contributed by atoms with Crippen LogP contribution in [0.4, 0.5) is 5.69 Å². The fourth-order valence-electron chi connectivity index (χ4n) is 2.09. The number of hydrogen-bond acceptors (Lipinski definition) is 6. The molecule has 0 spiro atoms. The lowest BCUT2D eigenvalue weighted by Gasteiger charge is -2.12. The van der Waals surface area contributed by atoms with E-state index in [0.717, 1.165) is 16.3 Å². The summed E-state index contributed by atoms with van der Waals surface area (Å²) < 4.78 is 10.8. The van der Waals surface area contributed by atoms with Gasteiger partial charge in [0.25, 0.3) is 5.56 Å². The molecular weight excluding hydrogens is 326 g/mol. The zero-order valence-corrected chi connectivity index (χ0v) is 14.2. The molecule has 0 bridgehead atoms. The molecule has 1 N–H and O–H groups in total. The van der Waals surface area contributed by atoms with E-state index >= 15 is 0 Å². The van der Waals surface area contributed by atoms with E-state index in [2.05, 4.69) is 10.4 Å². The topological polar surface area (TPSA) is 99.5 Å². The molecule has 8 heteroatoms. The fraction of sp³-hybridized carbons (Fsp3) is 0.294. The third kappa shape index (κ3) is 4.51. The van der Waals surface area contributed by atoms with Crippen LogP contribution < -0.4 is 10.9 Å². The normalized spacial score (nSPS) is 10.4. The molecule has 2 aromatic rings. The molecule has 0 unspecified atom stereocenters. The zero-order valence-electron chi connectivity index (χ0n) is 14.2. The largest absolute Gasteiger partial charge is 0.461 e. The summed E-state index contributed by atoms with van der Waals surface area (Å²) >= 11 is 0. The minimum Gasteiger partial charge on any atom is -0.461 e. The van der Waals surface area contributed by atoms with Crippen molar-refractivity contribution in [3.63, 3.8) is 0 Å². The average Bonchev–Trinajstić information content (AvgIpc) is 2.56. The number of hydrogen-bond donors (Lipinski definition) is 1. The van der Waals surface area contributed by atoms with Crippen LogP contribution >= 0.6 is 0 Å². The summed E-state index contributed by atoms with van der Waals surface area (Å²) in [4.78, 5) is 36.3. The van der Waals surface area contributed by atoms with Gasteiger partial charge < -0.3 is 14.8 Å². The number of amides is 1. The minimum absolute atomic E-state index is 0.0196. The van der Waals surface area contributed by atoms with Gasteiger partial charge in [0.15, 0.2) is 5.69 Å². The Hall–Kier alpha value is -3.00. The second kappa shape index (κ2) is 8.20. The molecular formula is C17H19N3O5. The van der Waals surface area contributed by atoms with E-state index in [0.29, 0.717) is 5.69 Å². The Morgan fingerprint density at radius 3 is 2.52 bits per heavy atom. The molecule has 8 nitrogen and oxygen atoms in total. The molecule has 0 aliphatic heterocycles. The Morgan fingerprint density at radius 1 is 1.24 bits per heavy atom. The van der Waals surface area contributed by atoms with Crippen molar-refractivity contribution in [1.29, 1.82) is 0 Å². The van der Waals surface area contributed by atoms with Crippen LogP contribution in [0.1, 0.15) is 23.0 Å². The molecule has 25 heavy (non-hydrogen) atoms. The summed E-state index contributed by atoms with van der Waals surface area (Å²) in [6.07, 6.45) is 0. The standard InChI is InChI=1S/C17H19N3O5/c1-4-25-17(23)16-13(18-14(21)10-24-3)9-15(22)20(19-16)12-7-5-11(2)6-8-12/h5-9H,4,10H2,1-3H3,(H,18,21). The van der Waals surface area contributed by atoms with Crippen molar-refractivity contribution in [1.82, 2.24) is 9.78 Å². The molecule has 1 aromatic heterocycles. The maximum Gasteiger partial charge on any atom is 0.360 e. The number of carbonyl (C=O) groups is 2. The number of anilines is 1. The number of rotatable bonds is 6. The SMILES string of the molecule is CCOC(=O)c1nn(-c2ccc(C)cc2)c(=O)cc1NC(=O)COC. The van der Waals surface area contributed by atoms with Crippen LogP contribution in [0.3, 0.4) is 0 Å². The third-order valence-corrected chi connectivity index (χ3v) is 3.23. The first-order chi connectivity index (χ1) is 12.0. The van der Waals surface area contributed by atoms with Crippen LogP contribution in [0.5, 0.6) is 0 Å². The number of nitrogens with zero attached hydrogens (tertiary/aromatic N) is 2. The van der Waals surface area contributed by atoms with Gasteiger partial charge in [0.1, 0.15) is 6.61 Å². The monoisotopic (exact) mass is 345 g/mol. The van der Waals surface area contributed by atoms with E-state index in [1.54, 1.807) is 19.1 Å². The number of benzene rings is 1. The molecule has 0 aliphatic rings. The molecule has 0 saturated heterocycles. The van der Waals surface area contributed by atoms with Crippen LogP contribution in [0.15, 0.2) is 35.1 Å². The van der Waals surface area contributed by atoms with E-state index < -0.39 is 17.4 Å². The molecule has 132 valence electrons. The van der Waals surface area contributed by atoms with Crippen molar-refractivity contribution in [2.75, 3.05) is 25.6 Å². The smallest absolute Gasteiger partial charge is 0.360 e. The Kier molecular flexibility index (Phi) is 6.02. The van der Waals surface area contributed by atoms with Gasteiger partial charge in [-0.2, -0.15) is 9.78 Å².